The normalized spacial score (nSPS) is 11.1. The zero-order valence-corrected chi connectivity index (χ0v) is 18.6. The number of nitrogens with zero attached hydrogens (tertiary/aromatic N) is 5. The number of aromatic nitrogens is 5. The van der Waals surface area contributed by atoms with Crippen molar-refractivity contribution in [1.29, 1.82) is 0 Å². The van der Waals surface area contributed by atoms with Crippen molar-refractivity contribution in [2.45, 2.75) is 34.2 Å². The Morgan fingerprint density at radius 2 is 1.87 bits per heavy atom. The summed E-state index contributed by atoms with van der Waals surface area (Å²) in [6, 6.07) is 7.85. The number of anilines is 1. The lowest BCUT2D eigenvalue weighted by atomic mass is 10.1. The van der Waals surface area contributed by atoms with Crippen molar-refractivity contribution in [1.82, 2.24) is 24.5 Å². The third kappa shape index (κ3) is 3.81. The molecule has 4 rings (SSSR count). The SMILES string of the molecule is CCOc1ccc(-n2c(C)c3c(C)nnc(NCCn4cccn4)c3c2C)c(OC)c1. The fourth-order valence-electron chi connectivity index (χ4n) is 4.10. The average molecular weight is 421 g/mol. The maximum atomic E-state index is 5.70. The van der Waals surface area contributed by atoms with Gasteiger partial charge in [0.25, 0.3) is 0 Å². The van der Waals surface area contributed by atoms with Crippen LogP contribution in [0.3, 0.4) is 0 Å². The minimum atomic E-state index is 0.609. The molecule has 0 saturated heterocycles. The lowest BCUT2D eigenvalue weighted by Crippen LogP contribution is -2.12. The van der Waals surface area contributed by atoms with Crippen LogP contribution >= 0.6 is 0 Å². The van der Waals surface area contributed by atoms with E-state index in [1.165, 1.54) is 0 Å². The van der Waals surface area contributed by atoms with E-state index < -0.39 is 0 Å². The molecule has 8 heteroatoms. The van der Waals surface area contributed by atoms with Crippen LogP contribution in [0.15, 0.2) is 36.7 Å². The Balaban J connectivity index is 1.78. The maximum absolute atomic E-state index is 5.70. The summed E-state index contributed by atoms with van der Waals surface area (Å²) in [5, 5.41) is 18.7. The van der Waals surface area contributed by atoms with Crippen molar-refractivity contribution < 1.29 is 9.47 Å². The molecule has 0 radical (unpaired) electrons. The van der Waals surface area contributed by atoms with Gasteiger partial charge in [0.1, 0.15) is 11.5 Å². The number of ether oxygens (including phenoxy) is 2. The molecule has 8 nitrogen and oxygen atoms in total. The minimum Gasteiger partial charge on any atom is -0.494 e. The fraction of sp³-hybridized carbons (Fsp3) is 0.348. The molecule has 0 bridgehead atoms. The fourth-order valence-corrected chi connectivity index (χ4v) is 4.10. The van der Waals surface area contributed by atoms with Crippen molar-refractivity contribution in [3.63, 3.8) is 0 Å². The predicted molar refractivity (Wildman–Crippen MR) is 122 cm³/mol. The second-order valence-electron chi connectivity index (χ2n) is 7.35. The number of rotatable bonds is 8. The predicted octanol–water partition coefficient (Wildman–Crippen LogP) is 4.06. The Kier molecular flexibility index (Phi) is 5.79. The maximum Gasteiger partial charge on any atom is 0.158 e. The summed E-state index contributed by atoms with van der Waals surface area (Å²) in [7, 11) is 1.68. The van der Waals surface area contributed by atoms with Crippen molar-refractivity contribution in [2.75, 3.05) is 25.6 Å². The van der Waals surface area contributed by atoms with Crippen LogP contribution in [0.2, 0.25) is 0 Å². The van der Waals surface area contributed by atoms with Crippen molar-refractivity contribution in [3.05, 3.63) is 53.7 Å². The van der Waals surface area contributed by atoms with Gasteiger partial charge < -0.3 is 19.4 Å². The van der Waals surface area contributed by atoms with Crippen molar-refractivity contribution in [3.8, 4) is 17.2 Å². The Morgan fingerprint density at radius 1 is 1.06 bits per heavy atom. The summed E-state index contributed by atoms with van der Waals surface area (Å²) in [5.41, 5.74) is 4.03. The van der Waals surface area contributed by atoms with Crippen LogP contribution in [0.4, 0.5) is 5.82 Å². The number of fused-ring (bicyclic) bond motifs is 1. The van der Waals surface area contributed by atoms with E-state index in [0.717, 1.165) is 57.4 Å². The lowest BCUT2D eigenvalue weighted by molar-refractivity contribution is 0.336. The van der Waals surface area contributed by atoms with Crippen LogP contribution in [-0.4, -0.2) is 44.8 Å². The van der Waals surface area contributed by atoms with Crippen LogP contribution in [-0.2, 0) is 6.54 Å². The standard InChI is InChI=1S/C23H28N6O2/c1-6-31-18-8-9-19(20(14-18)30-5)29-16(3)21-15(2)26-27-23(22(21)17(29)4)24-11-13-28-12-7-10-25-28/h7-10,12,14H,6,11,13H2,1-5H3,(H,24,27). The molecule has 0 spiro atoms. The van der Waals surface area contributed by atoms with Crippen LogP contribution in [0.5, 0.6) is 11.5 Å². The first-order valence-corrected chi connectivity index (χ1v) is 10.4. The molecule has 4 aromatic rings. The van der Waals surface area contributed by atoms with Gasteiger partial charge in [-0.3, -0.25) is 4.68 Å². The summed E-state index contributed by atoms with van der Waals surface area (Å²) in [4.78, 5) is 0. The monoisotopic (exact) mass is 420 g/mol. The van der Waals surface area contributed by atoms with Crippen LogP contribution in [0.25, 0.3) is 16.5 Å². The van der Waals surface area contributed by atoms with Gasteiger partial charge in [0, 0.05) is 47.2 Å². The highest BCUT2D eigenvalue weighted by atomic mass is 16.5. The van der Waals surface area contributed by atoms with E-state index in [-0.39, 0.29) is 0 Å². The Bertz CT molecular complexity index is 1200. The largest absolute Gasteiger partial charge is 0.494 e. The molecule has 0 atom stereocenters. The number of hydrogen-bond donors (Lipinski definition) is 1. The van der Waals surface area contributed by atoms with E-state index >= 15 is 0 Å². The van der Waals surface area contributed by atoms with Crippen LogP contribution in [0, 0.1) is 20.8 Å². The van der Waals surface area contributed by atoms with E-state index in [0.29, 0.717) is 13.2 Å². The number of aryl methyl sites for hydroxylation is 3. The number of nitrogens with one attached hydrogen (secondary N) is 1. The second-order valence-corrected chi connectivity index (χ2v) is 7.35. The first kappa shape index (κ1) is 20.7. The first-order chi connectivity index (χ1) is 15.0. The van der Waals surface area contributed by atoms with Gasteiger partial charge in [0.2, 0.25) is 0 Å². The summed E-state index contributed by atoms with van der Waals surface area (Å²) in [6.07, 6.45) is 3.73. The Morgan fingerprint density at radius 3 is 2.58 bits per heavy atom. The number of hydrogen-bond acceptors (Lipinski definition) is 6. The van der Waals surface area contributed by atoms with Gasteiger partial charge in [-0.05, 0) is 45.9 Å². The number of methoxy groups -OCH3 is 1. The molecule has 0 saturated carbocycles. The topological polar surface area (TPSA) is 79.0 Å². The lowest BCUT2D eigenvalue weighted by Gasteiger charge is -2.15. The van der Waals surface area contributed by atoms with Gasteiger partial charge in [-0.15, -0.1) is 5.10 Å². The summed E-state index contributed by atoms with van der Waals surface area (Å²) in [6.45, 7) is 10.2. The summed E-state index contributed by atoms with van der Waals surface area (Å²) in [5.74, 6) is 2.32. The van der Waals surface area contributed by atoms with E-state index in [1.807, 2.05) is 49.0 Å². The highest BCUT2D eigenvalue weighted by Gasteiger charge is 2.21. The molecule has 0 aliphatic heterocycles. The molecule has 3 heterocycles. The molecular formula is C23H28N6O2. The third-order valence-electron chi connectivity index (χ3n) is 5.44. The average Bonchev–Trinajstić information content (AvgIpc) is 3.37. The van der Waals surface area contributed by atoms with Crippen molar-refractivity contribution in [2.24, 2.45) is 0 Å². The van der Waals surface area contributed by atoms with Crippen LogP contribution in [0.1, 0.15) is 24.0 Å². The smallest absolute Gasteiger partial charge is 0.158 e. The molecular weight excluding hydrogens is 392 g/mol. The minimum absolute atomic E-state index is 0.609. The molecule has 3 aromatic heterocycles. The van der Waals surface area contributed by atoms with Gasteiger partial charge in [-0.2, -0.15) is 10.2 Å². The van der Waals surface area contributed by atoms with Gasteiger partial charge in [0.05, 0.1) is 31.6 Å². The molecule has 0 aliphatic carbocycles. The van der Waals surface area contributed by atoms with Crippen LogP contribution < -0.4 is 14.8 Å². The highest BCUT2D eigenvalue weighted by molar-refractivity contribution is 5.98. The molecule has 0 fully saturated rings. The zero-order chi connectivity index (χ0) is 22.0. The molecule has 162 valence electrons. The first-order valence-electron chi connectivity index (χ1n) is 10.4. The molecule has 31 heavy (non-hydrogen) atoms. The molecule has 0 aliphatic rings. The Hall–Kier alpha value is -3.55. The van der Waals surface area contributed by atoms with Gasteiger partial charge in [-0.25, -0.2) is 0 Å². The van der Waals surface area contributed by atoms with Gasteiger partial charge in [-0.1, -0.05) is 0 Å². The second kappa shape index (κ2) is 8.67. The third-order valence-corrected chi connectivity index (χ3v) is 5.44. The zero-order valence-electron chi connectivity index (χ0n) is 18.6. The highest BCUT2D eigenvalue weighted by Crippen LogP contribution is 2.37. The Labute approximate surface area is 181 Å². The molecule has 0 amide bonds. The number of benzene rings is 1. The van der Waals surface area contributed by atoms with Gasteiger partial charge in [0.15, 0.2) is 5.82 Å². The molecule has 1 N–H and O–H groups in total. The van der Waals surface area contributed by atoms with E-state index in [9.17, 15) is 0 Å². The molecule has 0 unspecified atom stereocenters. The molecule has 1 aromatic carbocycles. The van der Waals surface area contributed by atoms with Crippen molar-refractivity contribution >= 4 is 16.6 Å². The van der Waals surface area contributed by atoms with E-state index in [2.05, 4.69) is 39.0 Å². The summed E-state index contributed by atoms with van der Waals surface area (Å²) >= 11 is 0. The van der Waals surface area contributed by atoms with E-state index in [4.69, 9.17) is 9.47 Å². The van der Waals surface area contributed by atoms with Gasteiger partial charge >= 0.3 is 0 Å². The quantitative estimate of drug-likeness (QED) is 0.463. The summed E-state index contributed by atoms with van der Waals surface area (Å²) < 4.78 is 15.4. The van der Waals surface area contributed by atoms with E-state index in [1.54, 1.807) is 13.3 Å².